The van der Waals surface area contributed by atoms with E-state index in [1.807, 2.05) is 0 Å². The normalized spacial score (nSPS) is 13.9. The predicted molar refractivity (Wildman–Crippen MR) is 31.4 cm³/mol. The molecule has 50 valence electrons. The molecule has 1 unspecified atom stereocenters. The lowest BCUT2D eigenvalue weighted by molar-refractivity contribution is 0.152. The van der Waals surface area contributed by atoms with E-state index in [1.165, 1.54) is 0 Å². The molecule has 0 aromatic heterocycles. The predicted octanol–water partition coefficient (Wildman–Crippen LogP) is -0.703. The molecule has 0 spiro atoms. The average Bonchev–Trinajstić information content (AvgIpc) is 1.66. The molecule has 0 rings (SSSR count). The van der Waals surface area contributed by atoms with Crippen LogP contribution in [0.1, 0.15) is 13.3 Å². The lowest BCUT2D eigenvalue weighted by atomic mass is 10.4. The Kier molecular flexibility index (Phi) is 4.95. The van der Waals surface area contributed by atoms with Crippen LogP contribution in [0.5, 0.6) is 0 Å². The minimum absolute atomic E-state index is 0.180. The fraction of sp³-hybridized carbons (Fsp3) is 1.00. The van der Waals surface area contributed by atoms with Crippen molar-refractivity contribution in [1.29, 1.82) is 0 Å². The molecule has 0 saturated heterocycles. The number of aliphatic hydroxyl groups excluding tert-OH is 2. The van der Waals surface area contributed by atoms with E-state index in [1.54, 1.807) is 6.92 Å². The summed E-state index contributed by atoms with van der Waals surface area (Å²) < 4.78 is 0. The molecule has 0 amide bonds. The van der Waals surface area contributed by atoms with E-state index in [0.717, 1.165) is 0 Å². The molecular formula is C5H13NO2. The molecule has 0 aliphatic rings. The molecule has 0 aromatic rings. The zero-order valence-corrected chi connectivity index (χ0v) is 5.09. The maximum atomic E-state index is 8.59. The van der Waals surface area contributed by atoms with E-state index in [9.17, 15) is 0 Å². The third-order valence-electron chi connectivity index (χ3n) is 0.775. The Bertz CT molecular complexity index is 47.7. The van der Waals surface area contributed by atoms with Crippen LogP contribution in [-0.2, 0) is 0 Å². The summed E-state index contributed by atoms with van der Waals surface area (Å²) in [5.74, 6) is 0. The molecule has 3 heteroatoms. The van der Waals surface area contributed by atoms with Crippen molar-refractivity contribution in [2.45, 2.75) is 19.6 Å². The van der Waals surface area contributed by atoms with Crippen molar-refractivity contribution < 1.29 is 10.2 Å². The van der Waals surface area contributed by atoms with Gasteiger partial charge in [0.25, 0.3) is 0 Å². The first kappa shape index (κ1) is 7.88. The van der Waals surface area contributed by atoms with E-state index in [2.05, 4.69) is 5.32 Å². The second kappa shape index (κ2) is 5.03. The van der Waals surface area contributed by atoms with Gasteiger partial charge in [0.15, 0.2) is 0 Å². The molecule has 0 saturated carbocycles. The molecule has 0 aliphatic heterocycles. The highest BCUT2D eigenvalue weighted by molar-refractivity contribution is 4.44. The highest BCUT2D eigenvalue weighted by Gasteiger charge is 1.89. The second-order valence-electron chi connectivity index (χ2n) is 1.71. The van der Waals surface area contributed by atoms with E-state index in [-0.39, 0.29) is 6.61 Å². The monoisotopic (exact) mass is 119 g/mol. The van der Waals surface area contributed by atoms with Crippen LogP contribution >= 0.6 is 0 Å². The number of hydrogen-bond acceptors (Lipinski definition) is 3. The van der Waals surface area contributed by atoms with Gasteiger partial charge in [0, 0.05) is 6.61 Å². The lowest BCUT2D eigenvalue weighted by Crippen LogP contribution is -2.26. The topological polar surface area (TPSA) is 52.5 Å². The van der Waals surface area contributed by atoms with Crippen LogP contribution in [0.25, 0.3) is 0 Å². The summed E-state index contributed by atoms with van der Waals surface area (Å²) in [6, 6.07) is 0. The van der Waals surface area contributed by atoms with Gasteiger partial charge < -0.3 is 10.2 Å². The van der Waals surface area contributed by atoms with Gasteiger partial charge in [-0.1, -0.05) is 0 Å². The van der Waals surface area contributed by atoms with Crippen molar-refractivity contribution in [3.05, 3.63) is 0 Å². The molecule has 0 aromatic carbocycles. The maximum Gasteiger partial charge on any atom is 0.102 e. The van der Waals surface area contributed by atoms with Crippen LogP contribution in [0.4, 0.5) is 0 Å². The van der Waals surface area contributed by atoms with Gasteiger partial charge >= 0.3 is 0 Å². The summed E-state index contributed by atoms with van der Waals surface area (Å²) in [7, 11) is 0. The lowest BCUT2D eigenvalue weighted by Gasteiger charge is -2.03. The second-order valence-corrected chi connectivity index (χ2v) is 1.71. The van der Waals surface area contributed by atoms with Gasteiger partial charge in [-0.05, 0) is 19.9 Å². The number of aliphatic hydroxyl groups is 2. The number of nitrogens with one attached hydrogen (secondary N) is 1. The van der Waals surface area contributed by atoms with Crippen molar-refractivity contribution >= 4 is 0 Å². The summed E-state index contributed by atoms with van der Waals surface area (Å²) in [4.78, 5) is 0. The van der Waals surface area contributed by atoms with Gasteiger partial charge in [0.1, 0.15) is 6.23 Å². The Balaban J connectivity index is 2.72. The zero-order valence-electron chi connectivity index (χ0n) is 5.09. The van der Waals surface area contributed by atoms with Crippen molar-refractivity contribution in [1.82, 2.24) is 5.32 Å². The molecule has 3 nitrogen and oxygen atoms in total. The highest BCUT2D eigenvalue weighted by Crippen LogP contribution is 1.74. The van der Waals surface area contributed by atoms with E-state index in [4.69, 9.17) is 10.2 Å². The van der Waals surface area contributed by atoms with Crippen molar-refractivity contribution in [3.63, 3.8) is 0 Å². The summed E-state index contributed by atoms with van der Waals surface area (Å²) in [6.07, 6.45) is 0.242. The Hall–Kier alpha value is -0.120. The minimum Gasteiger partial charge on any atom is -0.396 e. The summed E-state index contributed by atoms with van der Waals surface area (Å²) >= 11 is 0. The highest BCUT2D eigenvalue weighted by atomic mass is 16.3. The number of rotatable bonds is 4. The molecule has 0 radical (unpaired) electrons. The van der Waals surface area contributed by atoms with Gasteiger partial charge in [0.05, 0.1) is 0 Å². The molecule has 1 atom stereocenters. The fourth-order valence-electron chi connectivity index (χ4n) is 0.390. The van der Waals surface area contributed by atoms with Crippen LogP contribution in [0.15, 0.2) is 0 Å². The first-order chi connectivity index (χ1) is 3.77. The molecule has 8 heavy (non-hydrogen) atoms. The molecular weight excluding hydrogens is 106 g/mol. The van der Waals surface area contributed by atoms with Crippen LogP contribution in [0, 0.1) is 0 Å². The van der Waals surface area contributed by atoms with E-state index >= 15 is 0 Å². The van der Waals surface area contributed by atoms with Crippen LogP contribution in [-0.4, -0.2) is 29.6 Å². The Morgan fingerprint density at radius 3 is 2.62 bits per heavy atom. The summed E-state index contributed by atoms with van der Waals surface area (Å²) in [6.45, 7) is 2.51. The van der Waals surface area contributed by atoms with Crippen molar-refractivity contribution in [3.8, 4) is 0 Å². The first-order valence-electron chi connectivity index (χ1n) is 2.79. The van der Waals surface area contributed by atoms with E-state index < -0.39 is 6.23 Å². The largest absolute Gasteiger partial charge is 0.396 e. The molecule has 0 heterocycles. The third-order valence-corrected chi connectivity index (χ3v) is 0.775. The first-order valence-corrected chi connectivity index (χ1v) is 2.79. The average molecular weight is 119 g/mol. The zero-order chi connectivity index (χ0) is 6.41. The smallest absolute Gasteiger partial charge is 0.102 e. The Morgan fingerprint density at radius 2 is 2.25 bits per heavy atom. The van der Waals surface area contributed by atoms with Gasteiger partial charge in [-0.15, -0.1) is 0 Å². The minimum atomic E-state index is -0.457. The molecule has 0 bridgehead atoms. The van der Waals surface area contributed by atoms with Crippen LogP contribution in [0.2, 0.25) is 0 Å². The van der Waals surface area contributed by atoms with Crippen molar-refractivity contribution in [2.24, 2.45) is 0 Å². The van der Waals surface area contributed by atoms with Crippen LogP contribution < -0.4 is 5.32 Å². The molecule has 0 fully saturated rings. The maximum absolute atomic E-state index is 8.59. The Labute approximate surface area is 49.3 Å². The van der Waals surface area contributed by atoms with Gasteiger partial charge in [-0.3, -0.25) is 5.32 Å². The van der Waals surface area contributed by atoms with Gasteiger partial charge in [-0.2, -0.15) is 0 Å². The van der Waals surface area contributed by atoms with Crippen molar-refractivity contribution in [2.75, 3.05) is 13.2 Å². The van der Waals surface area contributed by atoms with Gasteiger partial charge in [0.2, 0.25) is 0 Å². The molecule has 0 aliphatic carbocycles. The third kappa shape index (κ3) is 5.88. The van der Waals surface area contributed by atoms with E-state index in [0.29, 0.717) is 13.0 Å². The van der Waals surface area contributed by atoms with Gasteiger partial charge in [-0.25, -0.2) is 0 Å². The quantitative estimate of drug-likeness (QED) is 0.339. The number of hydrogen-bond donors (Lipinski definition) is 3. The summed E-state index contributed by atoms with van der Waals surface area (Å²) in [5.41, 5.74) is 0. The van der Waals surface area contributed by atoms with Crippen LogP contribution in [0.3, 0.4) is 0 Å². The fourth-order valence-corrected chi connectivity index (χ4v) is 0.390. The molecule has 3 N–H and O–H groups in total. The standard InChI is InChI=1S/C5H13NO2/c1-5(8)6-3-2-4-7/h5-8H,2-4H2,1H3. The Morgan fingerprint density at radius 1 is 1.62 bits per heavy atom. The SMILES string of the molecule is CC(O)NCCCO. The summed E-state index contributed by atoms with van der Waals surface area (Å²) in [5, 5.41) is 19.6.